The topological polar surface area (TPSA) is 74.8 Å². The number of H-pyrrole nitrogens is 1. The minimum Gasteiger partial charge on any atom is -0.343 e. The highest BCUT2D eigenvalue weighted by Gasteiger charge is 2.45. The largest absolute Gasteiger partial charge is 0.343 e. The number of Topliss-reactive ketones (excluding diaryl/α,β-unsaturated/α-hetero) is 1. The third-order valence-electron chi connectivity index (χ3n) is 5.20. The summed E-state index contributed by atoms with van der Waals surface area (Å²) in [6.45, 7) is 8.25. The van der Waals surface area contributed by atoms with Crippen LogP contribution in [0.5, 0.6) is 0 Å². The highest BCUT2D eigenvalue weighted by molar-refractivity contribution is 7.99. The summed E-state index contributed by atoms with van der Waals surface area (Å²) in [7, 11) is 0. The van der Waals surface area contributed by atoms with Crippen molar-refractivity contribution in [2.75, 3.05) is 5.32 Å². The molecule has 0 fully saturated rings. The summed E-state index contributed by atoms with van der Waals surface area (Å²) in [4.78, 5) is 33.8. The number of benzene rings is 1. The third-order valence-corrected chi connectivity index (χ3v) is 6.09. The fraction of sp³-hybridized carbons (Fsp3) is 0.409. The molecule has 2 heterocycles. The van der Waals surface area contributed by atoms with Gasteiger partial charge in [-0.3, -0.25) is 9.59 Å². The first-order valence-corrected chi connectivity index (χ1v) is 10.5. The normalized spacial score (nSPS) is 22.9. The average molecular weight is 396 g/mol. The van der Waals surface area contributed by atoms with Crippen LogP contribution in [0, 0.1) is 11.3 Å². The average Bonchev–Trinajstić information content (AvgIpc) is 2.59. The Morgan fingerprint density at radius 2 is 1.86 bits per heavy atom. The summed E-state index contributed by atoms with van der Waals surface area (Å²) in [5.41, 5.74) is 1.98. The number of rotatable bonds is 3. The summed E-state index contributed by atoms with van der Waals surface area (Å²) in [5.74, 6) is 0.0133. The number of ketones is 1. The highest BCUT2D eigenvalue weighted by atomic mass is 32.2. The maximum atomic E-state index is 13.1. The zero-order valence-corrected chi connectivity index (χ0v) is 17.4. The number of allylic oxidation sites excluding steroid dienone is 2. The van der Waals surface area contributed by atoms with E-state index < -0.39 is 0 Å². The van der Waals surface area contributed by atoms with Crippen LogP contribution in [0.1, 0.15) is 51.2 Å². The van der Waals surface area contributed by atoms with Gasteiger partial charge in [-0.25, -0.2) is 4.98 Å². The Morgan fingerprint density at radius 3 is 2.54 bits per heavy atom. The van der Waals surface area contributed by atoms with E-state index in [0.29, 0.717) is 28.2 Å². The number of nitrogens with zero attached hydrogens (tertiary/aromatic N) is 1. The number of carbonyl (C=O) groups is 1. The van der Waals surface area contributed by atoms with E-state index in [4.69, 9.17) is 4.98 Å². The van der Waals surface area contributed by atoms with Gasteiger partial charge < -0.3 is 10.3 Å². The molecule has 0 bridgehead atoms. The van der Waals surface area contributed by atoms with Crippen molar-refractivity contribution in [2.45, 2.75) is 50.4 Å². The van der Waals surface area contributed by atoms with Crippen molar-refractivity contribution in [2.24, 2.45) is 11.3 Å². The molecule has 1 aromatic carbocycles. The molecular weight excluding hydrogens is 370 g/mol. The molecule has 2 N–H and O–H groups in total. The van der Waals surface area contributed by atoms with Crippen LogP contribution in [-0.2, 0) is 4.79 Å². The third kappa shape index (κ3) is 3.41. The van der Waals surface area contributed by atoms with Crippen LogP contribution in [0.3, 0.4) is 0 Å². The van der Waals surface area contributed by atoms with Crippen molar-refractivity contribution in [1.29, 1.82) is 0 Å². The van der Waals surface area contributed by atoms with Crippen molar-refractivity contribution in [3.8, 4) is 0 Å². The van der Waals surface area contributed by atoms with Gasteiger partial charge in [0, 0.05) is 23.3 Å². The molecule has 4 rings (SSSR count). The van der Waals surface area contributed by atoms with Crippen LogP contribution in [0.4, 0.5) is 5.82 Å². The van der Waals surface area contributed by atoms with Gasteiger partial charge in [-0.05, 0) is 11.0 Å². The van der Waals surface area contributed by atoms with E-state index >= 15 is 0 Å². The number of nitrogens with one attached hydrogen (secondary N) is 2. The van der Waals surface area contributed by atoms with E-state index in [1.165, 1.54) is 11.8 Å². The number of carbonyl (C=O) groups excluding carboxylic acids is 1. The number of hydrogen-bond donors (Lipinski definition) is 2. The highest BCUT2D eigenvalue weighted by Crippen LogP contribution is 2.47. The fourth-order valence-corrected chi connectivity index (χ4v) is 4.96. The van der Waals surface area contributed by atoms with Gasteiger partial charge in [0.2, 0.25) is 0 Å². The van der Waals surface area contributed by atoms with Gasteiger partial charge >= 0.3 is 0 Å². The van der Waals surface area contributed by atoms with Crippen LogP contribution in [0.2, 0.25) is 0 Å². The molecule has 0 unspecified atom stereocenters. The van der Waals surface area contributed by atoms with E-state index in [1.807, 2.05) is 30.3 Å². The van der Waals surface area contributed by atoms with Gasteiger partial charge in [0.1, 0.15) is 11.6 Å². The molecule has 2 atom stereocenters. The van der Waals surface area contributed by atoms with Crippen LogP contribution < -0.4 is 10.9 Å². The van der Waals surface area contributed by atoms with Crippen molar-refractivity contribution in [3.05, 3.63) is 63.6 Å². The van der Waals surface area contributed by atoms with Crippen molar-refractivity contribution < 1.29 is 4.79 Å². The molecule has 1 aliphatic carbocycles. The Hall–Kier alpha value is -2.34. The molecule has 6 heteroatoms. The first-order valence-electron chi connectivity index (χ1n) is 9.63. The van der Waals surface area contributed by atoms with E-state index in [9.17, 15) is 9.59 Å². The lowest BCUT2D eigenvalue weighted by molar-refractivity contribution is -0.124. The lowest BCUT2D eigenvalue weighted by Crippen LogP contribution is -2.41. The second-order valence-corrected chi connectivity index (χ2v) is 10.1. The van der Waals surface area contributed by atoms with Gasteiger partial charge in [0.15, 0.2) is 5.16 Å². The van der Waals surface area contributed by atoms with E-state index in [-0.39, 0.29) is 28.6 Å². The minimum absolute atomic E-state index is 0.162. The quantitative estimate of drug-likeness (QED) is 0.598. The number of hydrogen-bond acceptors (Lipinski definition) is 5. The molecule has 146 valence electrons. The van der Waals surface area contributed by atoms with Crippen molar-refractivity contribution >= 4 is 23.4 Å². The first-order chi connectivity index (χ1) is 13.2. The molecular formula is C22H25N3O2S. The van der Waals surface area contributed by atoms with Gasteiger partial charge in [0.25, 0.3) is 5.56 Å². The first kappa shape index (κ1) is 19.0. The fourth-order valence-electron chi connectivity index (χ4n) is 4.22. The minimum atomic E-state index is -0.380. The van der Waals surface area contributed by atoms with Crippen LogP contribution in [0.25, 0.3) is 0 Å². The standard InChI is InChI=1S/C22H25N3O2S/c1-12(2)28-21-24-19-18(20(27)25-21)16(13-8-6-5-7-9-13)17-14(23-19)10-22(3,4)11-15(17)26/h5-10,12,16-17H,11H2,1-4H3,(H2,23,24,25,27)/t16-,17-/m1/s1. The number of aromatic amines is 1. The summed E-state index contributed by atoms with van der Waals surface area (Å²) >= 11 is 1.52. The monoisotopic (exact) mass is 395 g/mol. The van der Waals surface area contributed by atoms with E-state index in [1.54, 1.807) is 0 Å². The Balaban J connectivity index is 1.94. The molecule has 0 radical (unpaired) electrons. The van der Waals surface area contributed by atoms with Crippen molar-refractivity contribution in [1.82, 2.24) is 9.97 Å². The van der Waals surface area contributed by atoms with Gasteiger partial charge in [-0.2, -0.15) is 0 Å². The SMILES string of the molecule is CC(C)Sc1nc2c(c(=O)[nH]1)[C@H](c1ccccc1)[C@H]1C(=O)CC(C)(C)C=C1N2. The molecule has 1 aromatic heterocycles. The Labute approximate surface area is 169 Å². The predicted octanol–water partition coefficient (Wildman–Crippen LogP) is 4.33. The Kier molecular flexibility index (Phi) is 4.70. The molecule has 0 saturated heterocycles. The molecule has 5 nitrogen and oxygen atoms in total. The van der Waals surface area contributed by atoms with Crippen molar-refractivity contribution in [3.63, 3.8) is 0 Å². The maximum absolute atomic E-state index is 13.1. The van der Waals surface area contributed by atoms with Gasteiger partial charge in [-0.15, -0.1) is 0 Å². The number of fused-ring (bicyclic) bond motifs is 2. The maximum Gasteiger partial charge on any atom is 0.257 e. The molecule has 0 saturated carbocycles. The smallest absolute Gasteiger partial charge is 0.257 e. The second kappa shape index (κ2) is 6.92. The number of thioether (sulfide) groups is 1. The number of anilines is 1. The summed E-state index contributed by atoms with van der Waals surface area (Å²) in [6.07, 6.45) is 2.60. The summed E-state index contributed by atoms with van der Waals surface area (Å²) < 4.78 is 0. The van der Waals surface area contributed by atoms with E-state index in [2.05, 4.69) is 44.1 Å². The molecule has 2 aromatic rings. The van der Waals surface area contributed by atoms with Gasteiger partial charge in [0.05, 0.1) is 11.5 Å². The predicted molar refractivity (Wildman–Crippen MR) is 113 cm³/mol. The van der Waals surface area contributed by atoms with Crippen LogP contribution in [0.15, 0.2) is 52.1 Å². The Bertz CT molecular complexity index is 1010. The summed E-state index contributed by atoms with van der Waals surface area (Å²) in [6, 6.07) is 9.81. The molecule has 28 heavy (non-hydrogen) atoms. The molecule has 2 aliphatic rings. The zero-order valence-electron chi connectivity index (χ0n) is 16.6. The molecule has 0 spiro atoms. The zero-order chi connectivity index (χ0) is 20.1. The number of aromatic nitrogens is 2. The van der Waals surface area contributed by atoms with E-state index in [0.717, 1.165) is 11.3 Å². The lowest BCUT2D eigenvalue weighted by Gasteiger charge is -2.40. The van der Waals surface area contributed by atoms with Crippen LogP contribution >= 0.6 is 11.8 Å². The second-order valence-electron chi connectivity index (χ2n) is 8.52. The van der Waals surface area contributed by atoms with Gasteiger partial charge in [-0.1, -0.05) is 75.9 Å². The van der Waals surface area contributed by atoms with Crippen LogP contribution in [-0.4, -0.2) is 21.0 Å². The Morgan fingerprint density at radius 1 is 1.14 bits per heavy atom. The lowest BCUT2D eigenvalue weighted by atomic mass is 9.67. The molecule has 1 aliphatic heterocycles. The molecule has 0 amide bonds. The summed E-state index contributed by atoms with van der Waals surface area (Å²) in [5, 5.41) is 4.23.